The summed E-state index contributed by atoms with van der Waals surface area (Å²) in [5, 5.41) is 4.02. The van der Waals surface area contributed by atoms with Crippen LogP contribution in [-0.4, -0.2) is 33.9 Å². The van der Waals surface area contributed by atoms with Gasteiger partial charge in [-0.25, -0.2) is 4.98 Å². The highest BCUT2D eigenvalue weighted by Crippen LogP contribution is 2.18. The van der Waals surface area contributed by atoms with Crippen LogP contribution in [0, 0.1) is 0 Å². The average molecular weight is 319 g/mol. The molecule has 0 spiro atoms. The van der Waals surface area contributed by atoms with Crippen LogP contribution in [-0.2, 0) is 6.54 Å². The van der Waals surface area contributed by atoms with E-state index >= 15 is 0 Å². The second kappa shape index (κ2) is 5.72. The Kier molecular flexibility index (Phi) is 4.17. The molecule has 2 rings (SSSR count). The van der Waals surface area contributed by atoms with E-state index in [-0.39, 0.29) is 5.69 Å². The molecule has 0 N–H and O–H groups in total. The van der Waals surface area contributed by atoms with Crippen LogP contribution in [0.5, 0.6) is 0 Å². The van der Waals surface area contributed by atoms with Crippen molar-refractivity contribution < 1.29 is 18.0 Å². The van der Waals surface area contributed by atoms with Gasteiger partial charge < -0.3 is 0 Å². The number of amides is 1. The summed E-state index contributed by atoms with van der Waals surface area (Å²) in [5.74, 6) is -0.250. The quantitative estimate of drug-likeness (QED) is 0.874. The van der Waals surface area contributed by atoms with Crippen molar-refractivity contribution in [3.63, 3.8) is 0 Å². The zero-order valence-electron chi connectivity index (χ0n) is 10.8. The molecule has 0 saturated carbocycles. The van der Waals surface area contributed by atoms with E-state index in [0.29, 0.717) is 15.5 Å². The zero-order chi connectivity index (χ0) is 15.6. The number of pyridine rings is 1. The fourth-order valence-electron chi connectivity index (χ4n) is 1.59. The summed E-state index contributed by atoms with van der Waals surface area (Å²) in [4.78, 5) is 17.2. The molecule has 0 radical (unpaired) electrons. The number of halogens is 4. The highest BCUT2D eigenvalue weighted by Gasteiger charge is 2.29. The molecule has 0 unspecified atom stereocenters. The summed E-state index contributed by atoms with van der Waals surface area (Å²) in [6.45, 7) is -1.25. The Bertz CT molecular complexity index is 639. The van der Waals surface area contributed by atoms with Crippen LogP contribution >= 0.6 is 11.6 Å². The zero-order valence-corrected chi connectivity index (χ0v) is 11.6. The summed E-state index contributed by atoms with van der Waals surface area (Å²) in [6, 6.07) is 4.29. The van der Waals surface area contributed by atoms with Gasteiger partial charge in [0, 0.05) is 19.4 Å². The summed E-state index contributed by atoms with van der Waals surface area (Å²) < 4.78 is 37.4. The summed E-state index contributed by atoms with van der Waals surface area (Å²) in [6.07, 6.45) is -1.93. The molecule has 0 fully saturated rings. The van der Waals surface area contributed by atoms with Gasteiger partial charge in [0.25, 0.3) is 5.91 Å². The number of rotatable bonds is 3. The molecule has 2 aromatic heterocycles. The molecule has 0 aliphatic carbocycles. The maximum absolute atomic E-state index is 12.2. The topological polar surface area (TPSA) is 51.0 Å². The fraction of sp³-hybridized carbons (Fsp3) is 0.250. The molecule has 0 aliphatic heterocycles. The molecular weight excluding hydrogens is 309 g/mol. The van der Waals surface area contributed by atoms with Crippen molar-refractivity contribution >= 4 is 23.3 Å². The van der Waals surface area contributed by atoms with E-state index in [2.05, 4.69) is 10.1 Å². The summed E-state index contributed by atoms with van der Waals surface area (Å²) >= 11 is 5.69. The number of aromatic nitrogens is 3. The minimum atomic E-state index is -4.39. The van der Waals surface area contributed by atoms with Crippen LogP contribution in [0.3, 0.4) is 0 Å². The monoisotopic (exact) mass is 318 g/mol. The van der Waals surface area contributed by atoms with Gasteiger partial charge in [-0.1, -0.05) is 11.6 Å². The van der Waals surface area contributed by atoms with E-state index in [1.54, 1.807) is 6.07 Å². The summed E-state index contributed by atoms with van der Waals surface area (Å²) in [7, 11) is 1.45. The minimum Gasteiger partial charge on any atom is -0.294 e. The highest BCUT2D eigenvalue weighted by atomic mass is 35.5. The van der Waals surface area contributed by atoms with Gasteiger partial charge in [0.1, 0.15) is 12.4 Å². The van der Waals surface area contributed by atoms with Gasteiger partial charge in [0.2, 0.25) is 0 Å². The van der Waals surface area contributed by atoms with Crippen LogP contribution in [0.15, 0.2) is 30.6 Å². The van der Waals surface area contributed by atoms with Gasteiger partial charge in [-0.05, 0) is 18.2 Å². The first-order valence-electron chi connectivity index (χ1n) is 5.76. The predicted octanol–water partition coefficient (Wildman–Crippen LogP) is 2.77. The van der Waals surface area contributed by atoms with Gasteiger partial charge in [-0.2, -0.15) is 18.3 Å². The molecule has 1 amide bonds. The lowest BCUT2D eigenvalue weighted by Gasteiger charge is -2.14. The Morgan fingerprint density at radius 2 is 2.10 bits per heavy atom. The molecule has 5 nitrogen and oxygen atoms in total. The SMILES string of the molecule is CN(C(=O)c1ccn(CC(F)(F)F)n1)c1ccc(Cl)cn1. The van der Waals surface area contributed by atoms with Crippen molar-refractivity contribution in [1.82, 2.24) is 14.8 Å². The molecule has 0 aromatic carbocycles. The van der Waals surface area contributed by atoms with E-state index in [1.807, 2.05) is 0 Å². The Labute approximate surface area is 122 Å². The molecule has 0 atom stereocenters. The van der Waals surface area contributed by atoms with Crippen LogP contribution in [0.25, 0.3) is 0 Å². The Morgan fingerprint density at radius 1 is 1.38 bits per heavy atom. The number of carbonyl (C=O) groups excluding carboxylic acids is 1. The standard InChI is InChI=1S/C12H10ClF3N4O/c1-19(10-3-2-8(13)6-17-10)11(21)9-4-5-20(18-9)7-12(14,15)16/h2-6H,7H2,1H3. The number of hydrogen-bond acceptors (Lipinski definition) is 3. The van der Waals surface area contributed by atoms with Crippen molar-refractivity contribution in [1.29, 1.82) is 0 Å². The van der Waals surface area contributed by atoms with E-state index < -0.39 is 18.6 Å². The average Bonchev–Trinajstić information content (AvgIpc) is 2.84. The van der Waals surface area contributed by atoms with Gasteiger partial charge >= 0.3 is 6.18 Å². The van der Waals surface area contributed by atoms with Gasteiger partial charge in [-0.15, -0.1) is 0 Å². The molecule has 2 heterocycles. The number of carbonyl (C=O) groups is 1. The molecule has 112 valence electrons. The van der Waals surface area contributed by atoms with Crippen LogP contribution in [0.4, 0.5) is 19.0 Å². The van der Waals surface area contributed by atoms with Crippen LogP contribution in [0.1, 0.15) is 10.5 Å². The second-order valence-corrected chi connectivity index (χ2v) is 4.65. The van der Waals surface area contributed by atoms with E-state index in [4.69, 9.17) is 11.6 Å². The second-order valence-electron chi connectivity index (χ2n) is 4.21. The van der Waals surface area contributed by atoms with Gasteiger partial charge in [0.05, 0.1) is 5.02 Å². The van der Waals surface area contributed by atoms with Crippen molar-refractivity contribution in [3.8, 4) is 0 Å². The third kappa shape index (κ3) is 3.94. The van der Waals surface area contributed by atoms with Gasteiger partial charge in [-0.3, -0.25) is 14.4 Å². The Morgan fingerprint density at radius 3 is 2.67 bits per heavy atom. The Hall–Kier alpha value is -2.09. The van der Waals surface area contributed by atoms with E-state index in [1.165, 1.54) is 30.3 Å². The highest BCUT2D eigenvalue weighted by molar-refractivity contribution is 6.30. The lowest BCUT2D eigenvalue weighted by atomic mass is 10.3. The summed E-state index contributed by atoms with van der Waals surface area (Å²) in [5.41, 5.74) is -0.0986. The molecular formula is C12H10ClF3N4O. The first-order valence-corrected chi connectivity index (χ1v) is 6.14. The van der Waals surface area contributed by atoms with Crippen LogP contribution < -0.4 is 4.90 Å². The van der Waals surface area contributed by atoms with Crippen molar-refractivity contribution in [2.75, 3.05) is 11.9 Å². The molecule has 0 aliphatic rings. The third-order valence-corrected chi connectivity index (χ3v) is 2.78. The normalized spacial score (nSPS) is 11.5. The van der Waals surface area contributed by atoms with Gasteiger partial charge in [0.15, 0.2) is 5.69 Å². The smallest absolute Gasteiger partial charge is 0.294 e. The number of anilines is 1. The predicted molar refractivity (Wildman–Crippen MR) is 70.3 cm³/mol. The maximum atomic E-state index is 12.2. The first-order chi connectivity index (χ1) is 9.76. The van der Waals surface area contributed by atoms with Crippen molar-refractivity contribution in [2.24, 2.45) is 0 Å². The molecule has 0 bridgehead atoms. The lowest BCUT2D eigenvalue weighted by Crippen LogP contribution is -2.28. The van der Waals surface area contributed by atoms with E-state index in [0.717, 1.165) is 6.20 Å². The molecule has 0 saturated heterocycles. The minimum absolute atomic E-state index is 0.0986. The molecule has 2 aromatic rings. The lowest BCUT2D eigenvalue weighted by molar-refractivity contribution is -0.142. The van der Waals surface area contributed by atoms with Crippen molar-refractivity contribution in [2.45, 2.75) is 12.7 Å². The Balaban J connectivity index is 2.14. The van der Waals surface area contributed by atoms with Crippen LogP contribution in [0.2, 0.25) is 5.02 Å². The fourth-order valence-corrected chi connectivity index (χ4v) is 1.70. The number of hydrogen-bond donors (Lipinski definition) is 0. The number of nitrogens with zero attached hydrogens (tertiary/aromatic N) is 4. The van der Waals surface area contributed by atoms with Crippen molar-refractivity contribution in [3.05, 3.63) is 41.3 Å². The largest absolute Gasteiger partial charge is 0.408 e. The first kappa shape index (κ1) is 15.3. The number of alkyl halides is 3. The third-order valence-electron chi connectivity index (χ3n) is 2.56. The molecule has 9 heteroatoms. The maximum Gasteiger partial charge on any atom is 0.408 e. The van der Waals surface area contributed by atoms with E-state index in [9.17, 15) is 18.0 Å². The molecule has 21 heavy (non-hydrogen) atoms.